The van der Waals surface area contributed by atoms with Gasteiger partial charge in [-0.25, -0.2) is 5.12 Å². The highest BCUT2D eigenvalue weighted by molar-refractivity contribution is 4.69. The van der Waals surface area contributed by atoms with Crippen molar-refractivity contribution in [3.63, 3.8) is 0 Å². The molecule has 0 atom stereocenters. The summed E-state index contributed by atoms with van der Waals surface area (Å²) >= 11 is 0. The van der Waals surface area contributed by atoms with Gasteiger partial charge in [0.15, 0.2) is 0 Å². The van der Waals surface area contributed by atoms with E-state index in [1.807, 2.05) is 0 Å². The average molecular weight is 89.1 g/mol. The quantitative estimate of drug-likeness (QED) is 0.438. The van der Waals surface area contributed by atoms with Crippen LogP contribution >= 0.6 is 0 Å². The Hall–Kier alpha value is -0.530. The highest BCUT2D eigenvalue weighted by Gasteiger charge is 1.71. The molecule has 0 fully saturated rings. The largest absolute Gasteiger partial charge is 0.222 e. The molecule has 0 aromatic carbocycles. The predicted molar refractivity (Wildman–Crippen MR) is 23.7 cm³/mol. The van der Waals surface area contributed by atoms with Gasteiger partial charge in [-0.15, -0.1) is 4.48 Å². The van der Waals surface area contributed by atoms with Crippen LogP contribution in [-0.4, -0.2) is 12.2 Å². The Labute approximate surface area is 37.0 Å². The molecule has 0 aromatic heterocycles. The van der Waals surface area contributed by atoms with Gasteiger partial charge in [-0.05, 0) is 6.92 Å². The van der Waals surface area contributed by atoms with Gasteiger partial charge in [-0.3, -0.25) is 0 Å². The number of allylic oxidation sites excluding steroid dienone is 1. The summed E-state index contributed by atoms with van der Waals surface area (Å²) in [4.78, 5) is 0. The van der Waals surface area contributed by atoms with Gasteiger partial charge in [0.1, 0.15) is 0 Å². The molecule has 0 saturated heterocycles. The maximum absolute atomic E-state index is 11.4. The number of rotatable bonds is 1. The molecule has 0 N–H and O–H groups in total. The first kappa shape index (κ1) is 5.47. The zero-order valence-electron chi connectivity index (χ0n) is 3.98. The van der Waals surface area contributed by atoms with Crippen molar-refractivity contribution in [1.82, 2.24) is 5.12 Å². The van der Waals surface area contributed by atoms with Gasteiger partial charge in [-0.2, -0.15) is 0 Å². The lowest BCUT2D eigenvalue weighted by atomic mass is 10.7. The summed E-state index contributed by atoms with van der Waals surface area (Å²) in [5.41, 5.74) is 0. The molecule has 0 rings (SSSR count). The molecule has 2 heteroatoms. The molecule has 0 radical (unpaired) electrons. The van der Waals surface area contributed by atoms with Gasteiger partial charge in [0.25, 0.3) is 0 Å². The highest BCUT2D eigenvalue weighted by atomic mass is 19.2. The Bertz CT molecular complexity index is 49.5. The second-order valence-electron chi connectivity index (χ2n) is 1.01. The minimum Gasteiger partial charge on any atom is -0.222 e. The van der Waals surface area contributed by atoms with Crippen LogP contribution in [0.5, 0.6) is 0 Å². The summed E-state index contributed by atoms with van der Waals surface area (Å²) in [6.07, 6.45) is 2.96. The Kier molecular flexibility index (Phi) is 2.46. The molecule has 0 aliphatic rings. The molecule has 0 aromatic rings. The third-order valence-corrected chi connectivity index (χ3v) is 0.354. The van der Waals surface area contributed by atoms with Gasteiger partial charge in [0.2, 0.25) is 0 Å². The van der Waals surface area contributed by atoms with Gasteiger partial charge in [0, 0.05) is 13.2 Å². The van der Waals surface area contributed by atoms with E-state index in [2.05, 4.69) is 0 Å². The molecule has 0 aliphatic carbocycles. The smallest absolute Gasteiger partial charge is 0.0387 e. The normalized spacial score (nSPS) is 9.83. The molecule has 1 nitrogen and oxygen atoms in total. The van der Waals surface area contributed by atoms with Crippen LogP contribution in [0.15, 0.2) is 12.3 Å². The Morgan fingerprint density at radius 3 is 2.17 bits per heavy atom. The summed E-state index contributed by atoms with van der Waals surface area (Å²) in [5.74, 6) is 0. The number of hydrogen-bond donors (Lipinski definition) is 0. The zero-order valence-corrected chi connectivity index (χ0v) is 3.98. The van der Waals surface area contributed by atoms with E-state index in [9.17, 15) is 4.48 Å². The first-order valence-electron chi connectivity index (χ1n) is 1.79. The van der Waals surface area contributed by atoms with Crippen molar-refractivity contribution in [2.24, 2.45) is 0 Å². The van der Waals surface area contributed by atoms with E-state index >= 15 is 0 Å². The summed E-state index contributed by atoms with van der Waals surface area (Å²) in [6.45, 7) is 1.76. The molecule has 0 saturated carbocycles. The lowest BCUT2D eigenvalue weighted by molar-refractivity contribution is 0.128. The molecule has 0 spiro atoms. The minimum absolute atomic E-state index is 0.500. The summed E-state index contributed by atoms with van der Waals surface area (Å²) < 4.78 is 11.4. The monoisotopic (exact) mass is 89.1 g/mol. The first-order chi connectivity index (χ1) is 2.77. The third kappa shape index (κ3) is 3.47. The van der Waals surface area contributed by atoms with E-state index in [4.69, 9.17) is 0 Å². The number of hydrogen-bond acceptors (Lipinski definition) is 1. The maximum atomic E-state index is 11.4. The fourth-order valence-electron chi connectivity index (χ4n) is 0.205. The van der Waals surface area contributed by atoms with Crippen LogP contribution in [0.1, 0.15) is 6.92 Å². The topological polar surface area (TPSA) is 3.24 Å². The zero-order chi connectivity index (χ0) is 4.99. The van der Waals surface area contributed by atoms with Crippen LogP contribution in [0.3, 0.4) is 0 Å². The van der Waals surface area contributed by atoms with Crippen LogP contribution in [0, 0.1) is 0 Å². The minimum atomic E-state index is 0.500. The third-order valence-electron chi connectivity index (χ3n) is 0.354. The van der Waals surface area contributed by atoms with Crippen LogP contribution < -0.4 is 0 Å². The van der Waals surface area contributed by atoms with Crippen molar-refractivity contribution in [3.8, 4) is 0 Å². The predicted octanol–water partition coefficient (Wildman–Crippen LogP) is 1.34. The fraction of sp³-hybridized carbons (Fsp3) is 0.500. The molecule has 0 heterocycles. The molecule has 6 heavy (non-hydrogen) atoms. The van der Waals surface area contributed by atoms with Crippen LogP contribution in [0.4, 0.5) is 4.48 Å². The van der Waals surface area contributed by atoms with Crippen LogP contribution in [0.25, 0.3) is 0 Å². The van der Waals surface area contributed by atoms with Crippen molar-refractivity contribution in [1.29, 1.82) is 0 Å². The molecule has 36 valence electrons. The fourth-order valence-corrected chi connectivity index (χ4v) is 0.205. The number of halogens is 1. The summed E-state index contributed by atoms with van der Waals surface area (Å²) in [5, 5.41) is 0.500. The van der Waals surface area contributed by atoms with Crippen molar-refractivity contribution >= 4 is 0 Å². The lowest BCUT2D eigenvalue weighted by Gasteiger charge is -1.92. The summed E-state index contributed by atoms with van der Waals surface area (Å²) in [7, 11) is 1.33. The molecular weight excluding hydrogens is 81.0 g/mol. The van der Waals surface area contributed by atoms with Gasteiger partial charge < -0.3 is 0 Å². The Balaban J connectivity index is 3.03. The van der Waals surface area contributed by atoms with Gasteiger partial charge >= 0.3 is 0 Å². The first-order valence-corrected chi connectivity index (χ1v) is 1.79. The molecule has 0 bridgehead atoms. The molecular formula is C4H8FN. The van der Waals surface area contributed by atoms with Gasteiger partial charge in [-0.1, -0.05) is 6.08 Å². The summed E-state index contributed by atoms with van der Waals surface area (Å²) in [6, 6.07) is 0. The van der Waals surface area contributed by atoms with E-state index in [1.54, 1.807) is 13.0 Å². The van der Waals surface area contributed by atoms with Crippen molar-refractivity contribution in [3.05, 3.63) is 12.3 Å². The second-order valence-corrected chi connectivity index (χ2v) is 1.01. The van der Waals surface area contributed by atoms with E-state index < -0.39 is 0 Å². The van der Waals surface area contributed by atoms with E-state index in [0.29, 0.717) is 5.12 Å². The second kappa shape index (κ2) is 2.69. The Morgan fingerprint density at radius 1 is 1.67 bits per heavy atom. The van der Waals surface area contributed by atoms with Crippen molar-refractivity contribution < 1.29 is 4.48 Å². The van der Waals surface area contributed by atoms with Gasteiger partial charge in [0.05, 0.1) is 0 Å². The van der Waals surface area contributed by atoms with E-state index in [-0.39, 0.29) is 0 Å². The average Bonchev–Trinajstić information content (AvgIpc) is 1.35. The molecule has 0 unspecified atom stereocenters. The lowest BCUT2D eigenvalue weighted by Crippen LogP contribution is -1.91. The van der Waals surface area contributed by atoms with E-state index in [1.165, 1.54) is 13.2 Å². The SMILES string of the molecule is C/C=C\N(C)F. The standard InChI is InChI=1S/C4H8FN/c1-3-4-6(2)5/h3-4H,1-2H3/b4-3-. The van der Waals surface area contributed by atoms with Crippen LogP contribution in [-0.2, 0) is 0 Å². The van der Waals surface area contributed by atoms with Crippen LogP contribution in [0.2, 0.25) is 0 Å². The van der Waals surface area contributed by atoms with Crippen molar-refractivity contribution in [2.45, 2.75) is 6.92 Å². The van der Waals surface area contributed by atoms with E-state index in [0.717, 1.165) is 0 Å². The maximum Gasteiger partial charge on any atom is 0.0387 e. The number of nitrogens with zero attached hydrogens (tertiary/aromatic N) is 1. The van der Waals surface area contributed by atoms with Crippen molar-refractivity contribution in [2.75, 3.05) is 7.05 Å². The molecule has 0 amide bonds. The Morgan fingerprint density at radius 2 is 2.17 bits per heavy atom. The highest BCUT2D eigenvalue weighted by Crippen LogP contribution is 1.79. The molecule has 0 aliphatic heterocycles.